The number of carbonyl (C=O) groups excluding carboxylic acids is 1. The van der Waals surface area contributed by atoms with Gasteiger partial charge in [-0.2, -0.15) is 0 Å². The van der Waals surface area contributed by atoms with Gasteiger partial charge >= 0.3 is 0 Å². The lowest BCUT2D eigenvalue weighted by molar-refractivity contribution is -0.114. The van der Waals surface area contributed by atoms with E-state index in [1.165, 1.54) is 19.1 Å². The fourth-order valence-corrected chi connectivity index (χ4v) is 2.06. The molecule has 110 valence electrons. The molecule has 0 radical (unpaired) electrons. The van der Waals surface area contributed by atoms with Crippen LogP contribution in [-0.2, 0) is 11.3 Å². The van der Waals surface area contributed by atoms with Crippen LogP contribution < -0.4 is 10.6 Å². The van der Waals surface area contributed by atoms with Crippen molar-refractivity contribution < 1.29 is 9.18 Å². The Bertz CT molecular complexity index is 673. The quantitative estimate of drug-likeness (QED) is 0.881. The highest BCUT2D eigenvalue weighted by Gasteiger charge is 2.04. The zero-order valence-electron chi connectivity index (χ0n) is 11.8. The van der Waals surface area contributed by atoms with Crippen LogP contribution in [0.15, 0.2) is 36.4 Å². The Kier molecular flexibility index (Phi) is 4.81. The summed E-state index contributed by atoms with van der Waals surface area (Å²) < 4.78 is 13.4. The van der Waals surface area contributed by atoms with E-state index in [2.05, 4.69) is 10.6 Å². The largest absolute Gasteiger partial charge is 0.381 e. The third-order valence-corrected chi connectivity index (χ3v) is 3.33. The van der Waals surface area contributed by atoms with Crippen molar-refractivity contribution in [3.8, 4) is 0 Å². The summed E-state index contributed by atoms with van der Waals surface area (Å²) in [5, 5.41) is 6.07. The number of anilines is 2. The predicted molar refractivity (Wildman–Crippen MR) is 84.2 cm³/mol. The van der Waals surface area contributed by atoms with Crippen LogP contribution in [0.2, 0.25) is 5.02 Å². The third kappa shape index (κ3) is 4.20. The van der Waals surface area contributed by atoms with Crippen LogP contribution in [0.1, 0.15) is 18.1 Å². The van der Waals surface area contributed by atoms with E-state index in [0.717, 1.165) is 22.5 Å². The van der Waals surface area contributed by atoms with Crippen LogP contribution in [-0.4, -0.2) is 5.91 Å². The number of aryl methyl sites for hydroxylation is 1. The number of carbonyl (C=O) groups is 1. The van der Waals surface area contributed by atoms with E-state index in [-0.39, 0.29) is 10.9 Å². The van der Waals surface area contributed by atoms with E-state index in [9.17, 15) is 9.18 Å². The molecule has 0 heterocycles. The molecule has 0 bridgehead atoms. The average Bonchev–Trinajstić information content (AvgIpc) is 2.42. The number of amides is 1. The fourth-order valence-electron chi connectivity index (χ4n) is 1.94. The van der Waals surface area contributed by atoms with Gasteiger partial charge in [0.25, 0.3) is 0 Å². The Morgan fingerprint density at radius 2 is 2.00 bits per heavy atom. The Balaban J connectivity index is 2.11. The lowest BCUT2D eigenvalue weighted by Crippen LogP contribution is -2.07. The van der Waals surface area contributed by atoms with Gasteiger partial charge in [-0.3, -0.25) is 4.79 Å². The van der Waals surface area contributed by atoms with Crippen molar-refractivity contribution in [2.45, 2.75) is 20.4 Å². The number of halogens is 2. The maximum Gasteiger partial charge on any atom is 0.221 e. The fraction of sp³-hybridized carbons (Fsp3) is 0.188. The lowest BCUT2D eigenvalue weighted by Gasteiger charge is -2.12. The van der Waals surface area contributed by atoms with Gasteiger partial charge in [0.15, 0.2) is 0 Å². The molecule has 2 aromatic carbocycles. The van der Waals surface area contributed by atoms with Crippen LogP contribution >= 0.6 is 11.6 Å². The summed E-state index contributed by atoms with van der Waals surface area (Å²) in [7, 11) is 0. The van der Waals surface area contributed by atoms with Gasteiger partial charge in [0.2, 0.25) is 5.91 Å². The number of hydrogen-bond donors (Lipinski definition) is 2. The Hall–Kier alpha value is -2.07. The smallest absolute Gasteiger partial charge is 0.221 e. The topological polar surface area (TPSA) is 41.1 Å². The zero-order chi connectivity index (χ0) is 15.4. The summed E-state index contributed by atoms with van der Waals surface area (Å²) in [6.07, 6.45) is 0. The molecular weight excluding hydrogens is 291 g/mol. The van der Waals surface area contributed by atoms with Gasteiger partial charge in [0.1, 0.15) is 5.82 Å². The Morgan fingerprint density at radius 3 is 2.67 bits per heavy atom. The van der Waals surface area contributed by atoms with E-state index < -0.39 is 5.82 Å². The van der Waals surface area contributed by atoms with Gasteiger partial charge in [-0.25, -0.2) is 4.39 Å². The number of nitrogens with one attached hydrogen (secondary N) is 2. The highest BCUT2D eigenvalue weighted by Crippen LogP contribution is 2.22. The van der Waals surface area contributed by atoms with Gasteiger partial charge in [-0.15, -0.1) is 0 Å². The van der Waals surface area contributed by atoms with Crippen molar-refractivity contribution in [2.75, 3.05) is 10.6 Å². The number of benzene rings is 2. The third-order valence-electron chi connectivity index (χ3n) is 3.02. The highest BCUT2D eigenvalue weighted by atomic mass is 35.5. The molecule has 0 fully saturated rings. The van der Waals surface area contributed by atoms with Crippen LogP contribution in [0.4, 0.5) is 15.8 Å². The normalized spacial score (nSPS) is 10.3. The minimum Gasteiger partial charge on any atom is -0.381 e. The molecule has 0 spiro atoms. The molecule has 5 heteroatoms. The second-order valence-corrected chi connectivity index (χ2v) is 5.22. The summed E-state index contributed by atoms with van der Waals surface area (Å²) in [4.78, 5) is 11.1. The molecule has 0 aromatic heterocycles. The van der Waals surface area contributed by atoms with E-state index in [1.807, 2.05) is 25.1 Å². The van der Waals surface area contributed by atoms with Crippen molar-refractivity contribution in [3.63, 3.8) is 0 Å². The van der Waals surface area contributed by atoms with Crippen molar-refractivity contribution in [1.82, 2.24) is 0 Å². The molecule has 1 amide bonds. The molecule has 0 saturated heterocycles. The molecular formula is C16H16ClFN2O. The van der Waals surface area contributed by atoms with Crippen LogP contribution in [0.5, 0.6) is 0 Å². The number of hydrogen-bond acceptors (Lipinski definition) is 2. The summed E-state index contributed by atoms with van der Waals surface area (Å²) in [6.45, 7) is 3.89. The number of rotatable bonds is 4. The summed E-state index contributed by atoms with van der Waals surface area (Å²) in [5.41, 5.74) is 3.44. The van der Waals surface area contributed by atoms with Crippen molar-refractivity contribution in [1.29, 1.82) is 0 Å². The van der Waals surface area contributed by atoms with Gasteiger partial charge in [0, 0.05) is 24.8 Å². The standard InChI is InChI=1S/C16H16ClFN2O/c1-10-3-5-13(20-11(2)21)8-16(10)19-9-12-4-6-14(17)15(18)7-12/h3-8,19H,9H2,1-2H3,(H,20,21). The molecule has 2 aromatic rings. The summed E-state index contributed by atoms with van der Waals surface area (Å²) in [6, 6.07) is 10.3. The van der Waals surface area contributed by atoms with Crippen LogP contribution in [0.25, 0.3) is 0 Å². The van der Waals surface area contributed by atoms with Crippen molar-refractivity contribution in [3.05, 3.63) is 58.4 Å². The van der Waals surface area contributed by atoms with E-state index in [1.54, 1.807) is 6.07 Å². The first-order chi connectivity index (χ1) is 9.95. The molecule has 21 heavy (non-hydrogen) atoms. The lowest BCUT2D eigenvalue weighted by atomic mass is 10.1. The van der Waals surface area contributed by atoms with Gasteiger partial charge in [-0.1, -0.05) is 23.7 Å². The van der Waals surface area contributed by atoms with Gasteiger partial charge in [0.05, 0.1) is 5.02 Å². The SMILES string of the molecule is CC(=O)Nc1ccc(C)c(NCc2ccc(Cl)c(F)c2)c1. The zero-order valence-corrected chi connectivity index (χ0v) is 12.6. The minimum absolute atomic E-state index is 0.114. The molecule has 3 nitrogen and oxygen atoms in total. The Labute approximate surface area is 128 Å². The second kappa shape index (κ2) is 6.59. The van der Waals surface area contributed by atoms with Crippen molar-refractivity contribution >= 4 is 28.9 Å². The molecule has 0 aliphatic heterocycles. The van der Waals surface area contributed by atoms with Crippen LogP contribution in [0, 0.1) is 12.7 Å². The van der Waals surface area contributed by atoms with Gasteiger partial charge < -0.3 is 10.6 Å². The van der Waals surface area contributed by atoms with E-state index >= 15 is 0 Å². The maximum absolute atomic E-state index is 13.4. The predicted octanol–water partition coefficient (Wildman–Crippen LogP) is 4.36. The first kappa shape index (κ1) is 15.3. The maximum atomic E-state index is 13.4. The molecule has 0 aliphatic carbocycles. The van der Waals surface area contributed by atoms with E-state index in [0.29, 0.717) is 6.54 Å². The average molecular weight is 307 g/mol. The van der Waals surface area contributed by atoms with Gasteiger partial charge in [-0.05, 0) is 42.3 Å². The molecule has 0 unspecified atom stereocenters. The monoisotopic (exact) mass is 306 g/mol. The molecule has 0 atom stereocenters. The highest BCUT2D eigenvalue weighted by molar-refractivity contribution is 6.30. The van der Waals surface area contributed by atoms with Crippen LogP contribution in [0.3, 0.4) is 0 Å². The van der Waals surface area contributed by atoms with E-state index in [4.69, 9.17) is 11.6 Å². The summed E-state index contributed by atoms with van der Waals surface area (Å²) in [5.74, 6) is -0.552. The summed E-state index contributed by atoms with van der Waals surface area (Å²) >= 11 is 5.66. The molecule has 0 saturated carbocycles. The Morgan fingerprint density at radius 1 is 1.24 bits per heavy atom. The molecule has 2 rings (SSSR count). The molecule has 0 aliphatic rings. The second-order valence-electron chi connectivity index (χ2n) is 4.81. The molecule has 2 N–H and O–H groups in total. The first-order valence-electron chi connectivity index (χ1n) is 6.52. The van der Waals surface area contributed by atoms with Crippen molar-refractivity contribution in [2.24, 2.45) is 0 Å². The first-order valence-corrected chi connectivity index (χ1v) is 6.89. The minimum atomic E-state index is -0.431.